The Labute approximate surface area is 200 Å². The van der Waals surface area contributed by atoms with Crippen LogP contribution in [0.3, 0.4) is 0 Å². The van der Waals surface area contributed by atoms with Crippen molar-refractivity contribution in [3.8, 4) is 5.88 Å². The molecule has 0 aliphatic carbocycles. The van der Waals surface area contributed by atoms with Gasteiger partial charge in [0.2, 0.25) is 5.88 Å². The van der Waals surface area contributed by atoms with E-state index in [2.05, 4.69) is 44.1 Å². The summed E-state index contributed by atoms with van der Waals surface area (Å²) in [5.74, 6) is 2.28. The Balaban J connectivity index is 1.01. The van der Waals surface area contributed by atoms with Crippen LogP contribution in [0.15, 0.2) is 47.0 Å². The molecule has 6 rings (SSSR count). The molecule has 0 saturated carbocycles. The molecule has 8 nitrogen and oxygen atoms in total. The van der Waals surface area contributed by atoms with E-state index >= 15 is 0 Å². The molecule has 3 fully saturated rings. The molecule has 0 N–H and O–H groups in total. The van der Waals surface area contributed by atoms with Gasteiger partial charge in [-0.2, -0.15) is 0 Å². The Morgan fingerprint density at radius 2 is 1.85 bits per heavy atom. The van der Waals surface area contributed by atoms with Gasteiger partial charge in [0.1, 0.15) is 0 Å². The van der Waals surface area contributed by atoms with Crippen LogP contribution in [0.1, 0.15) is 18.5 Å². The van der Waals surface area contributed by atoms with Crippen LogP contribution in [0, 0.1) is 5.92 Å². The van der Waals surface area contributed by atoms with Crippen molar-refractivity contribution in [2.75, 3.05) is 64.0 Å². The summed E-state index contributed by atoms with van der Waals surface area (Å²) in [6.07, 6.45) is 2.37. The van der Waals surface area contributed by atoms with Crippen molar-refractivity contribution in [2.45, 2.75) is 25.4 Å². The van der Waals surface area contributed by atoms with Crippen LogP contribution in [0.4, 0.5) is 5.82 Å². The highest BCUT2D eigenvalue weighted by molar-refractivity contribution is 5.88. The van der Waals surface area contributed by atoms with Crippen LogP contribution in [0.25, 0.3) is 11.0 Å². The number of aromatic nitrogens is 2. The molecule has 3 aliphatic heterocycles. The van der Waals surface area contributed by atoms with E-state index in [0.717, 1.165) is 94.0 Å². The predicted molar refractivity (Wildman–Crippen MR) is 130 cm³/mol. The van der Waals surface area contributed by atoms with Crippen LogP contribution in [0.5, 0.6) is 5.88 Å². The van der Waals surface area contributed by atoms with Crippen molar-refractivity contribution in [2.24, 2.45) is 5.92 Å². The number of piperazine rings is 1. The quantitative estimate of drug-likeness (QED) is 0.553. The minimum Gasteiger partial charge on any atom is -0.477 e. The summed E-state index contributed by atoms with van der Waals surface area (Å²) in [5.41, 5.74) is 1.93. The SMILES string of the molecule is c1cc(CN2CCOCC2)nc(OC[C@@H]2CC[C@H]3CN(c4noc5ccccc45)CCN3C2)c1. The molecule has 34 heavy (non-hydrogen) atoms. The third-order valence-electron chi connectivity index (χ3n) is 7.40. The number of hydrogen-bond donors (Lipinski definition) is 0. The Kier molecular flexibility index (Phi) is 6.35. The lowest BCUT2D eigenvalue weighted by atomic mass is 9.91. The summed E-state index contributed by atoms with van der Waals surface area (Å²) >= 11 is 0. The monoisotopic (exact) mass is 463 g/mol. The summed E-state index contributed by atoms with van der Waals surface area (Å²) in [5, 5.41) is 5.49. The molecule has 2 aromatic heterocycles. The maximum atomic E-state index is 6.17. The molecule has 3 saturated heterocycles. The van der Waals surface area contributed by atoms with Gasteiger partial charge in [-0.05, 0) is 31.0 Å². The number of hydrogen-bond acceptors (Lipinski definition) is 8. The lowest BCUT2D eigenvalue weighted by Crippen LogP contribution is -2.57. The number of nitrogens with zero attached hydrogens (tertiary/aromatic N) is 5. The first-order valence-electron chi connectivity index (χ1n) is 12.5. The van der Waals surface area contributed by atoms with Gasteiger partial charge in [0, 0.05) is 63.8 Å². The van der Waals surface area contributed by atoms with Crippen LogP contribution in [-0.2, 0) is 11.3 Å². The number of morpholine rings is 1. The highest BCUT2D eigenvalue weighted by Crippen LogP contribution is 2.31. The van der Waals surface area contributed by atoms with Crippen molar-refractivity contribution in [1.82, 2.24) is 19.9 Å². The normalized spacial score (nSPS) is 24.3. The molecule has 0 amide bonds. The zero-order chi connectivity index (χ0) is 22.7. The first-order valence-corrected chi connectivity index (χ1v) is 12.5. The van der Waals surface area contributed by atoms with Crippen molar-refractivity contribution in [3.63, 3.8) is 0 Å². The van der Waals surface area contributed by atoms with E-state index in [1.807, 2.05) is 18.2 Å². The lowest BCUT2D eigenvalue weighted by Gasteiger charge is -2.46. The van der Waals surface area contributed by atoms with Gasteiger partial charge in [-0.3, -0.25) is 9.80 Å². The fraction of sp³-hybridized carbons (Fsp3) is 0.538. The average Bonchev–Trinajstić information content (AvgIpc) is 3.32. The number of rotatable bonds is 6. The number of ether oxygens (including phenoxy) is 2. The van der Waals surface area contributed by atoms with Gasteiger partial charge in [-0.1, -0.05) is 23.4 Å². The Hall–Kier alpha value is -2.68. The summed E-state index contributed by atoms with van der Waals surface area (Å²) < 4.78 is 17.2. The number of pyridine rings is 1. The molecule has 0 bridgehead atoms. The summed E-state index contributed by atoms with van der Waals surface area (Å²) in [6, 6.07) is 14.8. The molecular weight excluding hydrogens is 430 g/mol. The zero-order valence-corrected chi connectivity index (χ0v) is 19.6. The third kappa shape index (κ3) is 4.76. The molecule has 5 heterocycles. The molecule has 180 valence electrons. The van der Waals surface area contributed by atoms with E-state index in [-0.39, 0.29) is 0 Å². The maximum Gasteiger partial charge on any atom is 0.213 e. The molecule has 3 aromatic rings. The number of fused-ring (bicyclic) bond motifs is 2. The van der Waals surface area contributed by atoms with Gasteiger partial charge in [0.05, 0.1) is 30.9 Å². The number of piperidine rings is 1. The highest BCUT2D eigenvalue weighted by atomic mass is 16.5. The van der Waals surface area contributed by atoms with Crippen LogP contribution in [0.2, 0.25) is 0 Å². The van der Waals surface area contributed by atoms with Gasteiger partial charge in [0.25, 0.3) is 0 Å². The van der Waals surface area contributed by atoms with Crippen molar-refractivity contribution < 1.29 is 14.0 Å². The fourth-order valence-electron chi connectivity index (χ4n) is 5.50. The second-order valence-electron chi connectivity index (χ2n) is 9.71. The summed E-state index contributed by atoms with van der Waals surface area (Å²) in [4.78, 5) is 12.2. The minimum absolute atomic E-state index is 0.542. The van der Waals surface area contributed by atoms with Crippen molar-refractivity contribution in [3.05, 3.63) is 48.2 Å². The predicted octanol–water partition coefficient (Wildman–Crippen LogP) is 3.03. The van der Waals surface area contributed by atoms with E-state index < -0.39 is 0 Å². The van der Waals surface area contributed by atoms with E-state index in [4.69, 9.17) is 19.0 Å². The molecular formula is C26H33N5O3. The lowest BCUT2D eigenvalue weighted by molar-refractivity contribution is 0.0335. The maximum absolute atomic E-state index is 6.17. The third-order valence-corrected chi connectivity index (χ3v) is 7.40. The molecule has 0 spiro atoms. The Morgan fingerprint density at radius 1 is 0.941 bits per heavy atom. The second-order valence-corrected chi connectivity index (χ2v) is 9.71. The van der Waals surface area contributed by atoms with Crippen LogP contribution >= 0.6 is 0 Å². The first kappa shape index (κ1) is 21.8. The Morgan fingerprint density at radius 3 is 2.79 bits per heavy atom. The van der Waals surface area contributed by atoms with Gasteiger partial charge in [0.15, 0.2) is 11.4 Å². The summed E-state index contributed by atoms with van der Waals surface area (Å²) in [7, 11) is 0. The van der Waals surface area contributed by atoms with E-state index in [0.29, 0.717) is 12.0 Å². The highest BCUT2D eigenvalue weighted by Gasteiger charge is 2.34. The molecule has 3 aliphatic rings. The van der Waals surface area contributed by atoms with Crippen LogP contribution < -0.4 is 9.64 Å². The molecule has 1 aromatic carbocycles. The number of para-hydroxylation sites is 1. The van der Waals surface area contributed by atoms with Crippen molar-refractivity contribution in [1.29, 1.82) is 0 Å². The van der Waals surface area contributed by atoms with Gasteiger partial charge < -0.3 is 18.9 Å². The van der Waals surface area contributed by atoms with Crippen molar-refractivity contribution >= 4 is 16.8 Å². The molecule has 0 unspecified atom stereocenters. The first-order chi connectivity index (χ1) is 16.8. The topological polar surface area (TPSA) is 67.1 Å². The second kappa shape index (κ2) is 9.90. The Bertz CT molecular complexity index is 1100. The smallest absolute Gasteiger partial charge is 0.213 e. The van der Waals surface area contributed by atoms with E-state index in [1.165, 1.54) is 12.8 Å². The van der Waals surface area contributed by atoms with E-state index in [9.17, 15) is 0 Å². The molecule has 2 atom stereocenters. The number of anilines is 1. The van der Waals surface area contributed by atoms with Crippen LogP contribution in [-0.4, -0.2) is 85.1 Å². The van der Waals surface area contributed by atoms with E-state index in [1.54, 1.807) is 0 Å². The summed E-state index contributed by atoms with van der Waals surface area (Å²) in [6.45, 7) is 9.27. The standard InChI is InChI=1S/C26H33N5O3/c1-2-6-24-23(5-1)26(28-34-24)31-11-10-30-16-20(8-9-22(30)18-31)19-33-25-7-3-4-21(27-25)17-29-12-14-32-15-13-29/h1-7,20,22H,8-19H2/t20-,22+/m1/s1. The van der Waals surface area contributed by atoms with Gasteiger partial charge in [-0.15, -0.1) is 0 Å². The molecule has 8 heteroatoms. The average molecular weight is 464 g/mol. The fourth-order valence-corrected chi connectivity index (χ4v) is 5.50. The molecule has 0 radical (unpaired) electrons. The zero-order valence-electron chi connectivity index (χ0n) is 19.6. The van der Waals surface area contributed by atoms with Gasteiger partial charge in [-0.25, -0.2) is 4.98 Å². The number of benzene rings is 1. The largest absolute Gasteiger partial charge is 0.477 e. The van der Waals surface area contributed by atoms with Gasteiger partial charge >= 0.3 is 0 Å². The minimum atomic E-state index is 0.542.